The van der Waals surface area contributed by atoms with Crippen LogP contribution in [0.4, 0.5) is 0 Å². The van der Waals surface area contributed by atoms with E-state index in [9.17, 15) is 4.79 Å². The summed E-state index contributed by atoms with van der Waals surface area (Å²) >= 11 is 0. The molecule has 39 heavy (non-hydrogen) atoms. The molecule has 3 heterocycles. The van der Waals surface area contributed by atoms with Gasteiger partial charge in [0, 0.05) is 30.6 Å². The predicted molar refractivity (Wildman–Crippen MR) is 148 cm³/mol. The van der Waals surface area contributed by atoms with Gasteiger partial charge in [-0.25, -0.2) is 4.68 Å². The lowest BCUT2D eigenvalue weighted by Crippen LogP contribution is -2.30. The molecular weight excluding hydrogens is 496 g/mol. The number of rotatable bonds is 11. The second-order valence-corrected chi connectivity index (χ2v) is 10.2. The highest BCUT2D eigenvalue weighted by atomic mass is 16.5. The Morgan fingerprint density at radius 1 is 1.08 bits per heavy atom. The Morgan fingerprint density at radius 3 is 2.67 bits per heavy atom. The zero-order valence-corrected chi connectivity index (χ0v) is 23.1. The van der Waals surface area contributed by atoms with Gasteiger partial charge in [0.1, 0.15) is 0 Å². The largest absolute Gasteiger partial charge is 0.493 e. The van der Waals surface area contributed by atoms with Gasteiger partial charge in [-0.15, -0.1) is 5.10 Å². The number of pyridine rings is 1. The Labute approximate surface area is 227 Å². The number of H-pyrrole nitrogens is 1. The van der Waals surface area contributed by atoms with Crippen molar-refractivity contribution in [2.24, 2.45) is 0 Å². The SMILES string of the molecule is COc1ccc(CCN(Cc2cc3c(C)ccc(C)c3[nH]c2=O)Cc2nnnn2CC2CCCO2)cc1OC. The van der Waals surface area contributed by atoms with E-state index in [-0.39, 0.29) is 11.7 Å². The fourth-order valence-corrected chi connectivity index (χ4v) is 5.17. The third-order valence-electron chi connectivity index (χ3n) is 7.45. The molecule has 0 amide bonds. The summed E-state index contributed by atoms with van der Waals surface area (Å²) < 4.78 is 18.5. The van der Waals surface area contributed by atoms with Crippen LogP contribution in [0.1, 0.15) is 40.9 Å². The molecule has 1 N–H and O–H groups in total. The summed E-state index contributed by atoms with van der Waals surface area (Å²) in [5, 5.41) is 13.6. The lowest BCUT2D eigenvalue weighted by molar-refractivity contribution is 0.0916. The number of methoxy groups -OCH3 is 2. The Kier molecular flexibility index (Phi) is 8.23. The van der Waals surface area contributed by atoms with Crippen LogP contribution in [-0.2, 0) is 30.8 Å². The molecular formula is C29H36N6O4. The summed E-state index contributed by atoms with van der Waals surface area (Å²) in [4.78, 5) is 18.5. The fraction of sp³-hybridized carbons (Fsp3) is 0.448. The van der Waals surface area contributed by atoms with Gasteiger partial charge in [-0.05, 0) is 78.4 Å². The van der Waals surface area contributed by atoms with Crippen molar-refractivity contribution in [1.82, 2.24) is 30.1 Å². The van der Waals surface area contributed by atoms with Crippen molar-refractivity contribution in [2.45, 2.75) is 58.8 Å². The molecule has 0 radical (unpaired) electrons. The quantitative estimate of drug-likeness (QED) is 0.312. The van der Waals surface area contributed by atoms with Crippen LogP contribution in [0.3, 0.4) is 0 Å². The van der Waals surface area contributed by atoms with E-state index in [1.165, 1.54) is 0 Å². The molecule has 0 bridgehead atoms. The van der Waals surface area contributed by atoms with Crippen molar-refractivity contribution in [3.8, 4) is 11.5 Å². The van der Waals surface area contributed by atoms with E-state index in [1.54, 1.807) is 14.2 Å². The van der Waals surface area contributed by atoms with E-state index < -0.39 is 0 Å². The van der Waals surface area contributed by atoms with Crippen LogP contribution in [0.5, 0.6) is 11.5 Å². The number of hydrogen-bond acceptors (Lipinski definition) is 8. The van der Waals surface area contributed by atoms with Gasteiger partial charge in [0.25, 0.3) is 5.56 Å². The minimum absolute atomic E-state index is 0.0775. The molecule has 5 rings (SSSR count). The molecule has 2 aromatic carbocycles. The van der Waals surface area contributed by atoms with Crippen molar-refractivity contribution < 1.29 is 14.2 Å². The molecule has 1 aliphatic rings. The van der Waals surface area contributed by atoms with Crippen LogP contribution in [0.25, 0.3) is 10.9 Å². The van der Waals surface area contributed by atoms with Crippen molar-refractivity contribution >= 4 is 10.9 Å². The molecule has 0 spiro atoms. The first kappa shape index (κ1) is 26.8. The number of nitrogens with one attached hydrogen (secondary N) is 1. The van der Waals surface area contributed by atoms with Crippen molar-refractivity contribution in [3.05, 3.63) is 74.8 Å². The number of hydrogen-bond donors (Lipinski definition) is 1. The molecule has 1 atom stereocenters. The first-order valence-electron chi connectivity index (χ1n) is 13.4. The predicted octanol–water partition coefficient (Wildman–Crippen LogP) is 3.57. The van der Waals surface area contributed by atoms with Crippen molar-refractivity contribution in [3.63, 3.8) is 0 Å². The normalized spacial score (nSPS) is 15.4. The van der Waals surface area contributed by atoms with Gasteiger partial charge in [0.15, 0.2) is 17.3 Å². The third kappa shape index (κ3) is 6.12. The molecule has 206 valence electrons. The number of aryl methyl sites for hydroxylation is 2. The van der Waals surface area contributed by atoms with Crippen LogP contribution >= 0.6 is 0 Å². The Balaban J connectivity index is 1.42. The van der Waals surface area contributed by atoms with Gasteiger partial charge >= 0.3 is 0 Å². The van der Waals surface area contributed by atoms with Crippen LogP contribution in [0.2, 0.25) is 0 Å². The van der Waals surface area contributed by atoms with E-state index in [0.29, 0.717) is 43.2 Å². The van der Waals surface area contributed by atoms with Crippen molar-refractivity contribution in [1.29, 1.82) is 0 Å². The molecule has 2 aromatic heterocycles. The Hall–Kier alpha value is -3.76. The monoisotopic (exact) mass is 532 g/mol. The number of aromatic nitrogens is 5. The summed E-state index contributed by atoms with van der Waals surface area (Å²) in [6, 6.07) is 12.1. The van der Waals surface area contributed by atoms with Crippen LogP contribution in [0, 0.1) is 13.8 Å². The second-order valence-electron chi connectivity index (χ2n) is 10.2. The third-order valence-corrected chi connectivity index (χ3v) is 7.45. The van der Waals surface area contributed by atoms with Gasteiger partial charge in [-0.2, -0.15) is 0 Å². The summed E-state index contributed by atoms with van der Waals surface area (Å²) in [7, 11) is 3.27. The maximum absolute atomic E-state index is 13.2. The summed E-state index contributed by atoms with van der Waals surface area (Å²) in [5.41, 5.74) is 4.81. The van der Waals surface area contributed by atoms with E-state index >= 15 is 0 Å². The summed E-state index contributed by atoms with van der Waals surface area (Å²) in [5.74, 6) is 2.14. The van der Waals surface area contributed by atoms with E-state index in [0.717, 1.165) is 59.3 Å². The highest BCUT2D eigenvalue weighted by molar-refractivity contribution is 5.85. The molecule has 10 nitrogen and oxygen atoms in total. The highest BCUT2D eigenvalue weighted by Gasteiger charge is 2.21. The maximum Gasteiger partial charge on any atom is 0.252 e. The van der Waals surface area contributed by atoms with Crippen molar-refractivity contribution in [2.75, 3.05) is 27.4 Å². The average Bonchev–Trinajstić information content (AvgIpc) is 3.62. The van der Waals surface area contributed by atoms with Crippen LogP contribution in [0.15, 0.2) is 41.2 Å². The molecule has 0 aliphatic carbocycles. The van der Waals surface area contributed by atoms with Crippen LogP contribution < -0.4 is 15.0 Å². The minimum Gasteiger partial charge on any atom is -0.493 e. The zero-order chi connectivity index (χ0) is 27.4. The highest BCUT2D eigenvalue weighted by Crippen LogP contribution is 2.28. The molecule has 1 unspecified atom stereocenters. The molecule has 1 saturated heterocycles. The standard InChI is InChI=1S/C29H36N6O4/c1-19-7-8-20(2)28-24(19)15-22(29(36)30-28)16-34(12-11-21-9-10-25(37-3)26(14-21)38-4)18-27-31-32-33-35(27)17-23-6-5-13-39-23/h7-10,14-15,23H,5-6,11-13,16-18H2,1-4H3,(H,30,36). The number of tetrazole rings is 1. The number of nitrogens with zero attached hydrogens (tertiary/aromatic N) is 5. The maximum atomic E-state index is 13.2. The number of ether oxygens (including phenoxy) is 3. The second kappa shape index (κ2) is 12.0. The molecule has 10 heteroatoms. The molecule has 4 aromatic rings. The first-order chi connectivity index (χ1) is 18.9. The lowest BCUT2D eigenvalue weighted by Gasteiger charge is -2.22. The van der Waals surface area contributed by atoms with Crippen LogP contribution in [-0.4, -0.2) is 63.6 Å². The van der Waals surface area contributed by atoms with Gasteiger partial charge in [-0.3, -0.25) is 9.69 Å². The minimum atomic E-state index is -0.0775. The Morgan fingerprint density at radius 2 is 1.90 bits per heavy atom. The van der Waals surface area contributed by atoms with Gasteiger partial charge in [-0.1, -0.05) is 18.2 Å². The Bertz CT molecular complexity index is 1490. The molecule has 0 saturated carbocycles. The summed E-state index contributed by atoms with van der Waals surface area (Å²) in [6.45, 7) is 7.13. The number of fused-ring (bicyclic) bond motifs is 1. The lowest BCUT2D eigenvalue weighted by atomic mass is 10.0. The van der Waals surface area contributed by atoms with Gasteiger partial charge in [0.2, 0.25) is 0 Å². The molecule has 1 aliphatic heterocycles. The molecule has 1 fully saturated rings. The smallest absolute Gasteiger partial charge is 0.252 e. The fourth-order valence-electron chi connectivity index (χ4n) is 5.17. The average molecular weight is 533 g/mol. The topological polar surface area (TPSA) is 107 Å². The zero-order valence-electron chi connectivity index (χ0n) is 23.1. The van der Waals surface area contributed by atoms with E-state index in [1.807, 2.05) is 41.9 Å². The number of benzene rings is 2. The van der Waals surface area contributed by atoms with E-state index in [4.69, 9.17) is 14.2 Å². The number of aromatic amines is 1. The first-order valence-corrected chi connectivity index (χ1v) is 13.4. The van der Waals surface area contributed by atoms with E-state index in [2.05, 4.69) is 38.4 Å². The van der Waals surface area contributed by atoms with Gasteiger partial charge in [0.05, 0.1) is 38.9 Å². The summed E-state index contributed by atoms with van der Waals surface area (Å²) in [6.07, 6.45) is 2.94. The van der Waals surface area contributed by atoms with Gasteiger partial charge < -0.3 is 19.2 Å².